The Labute approximate surface area is 167 Å². The fourth-order valence-electron chi connectivity index (χ4n) is 10.2. The van der Waals surface area contributed by atoms with E-state index in [-0.39, 0.29) is 22.4 Å². The largest absolute Gasteiger partial charge is 0.458 e. The number of carbonyl (C=O) groups excluding carboxylic acids is 2. The molecule has 11 atom stereocenters. The average Bonchev–Trinajstić information content (AvgIpc) is 3.51. The highest BCUT2D eigenvalue weighted by molar-refractivity contribution is 5.92. The van der Waals surface area contributed by atoms with Gasteiger partial charge in [-0.2, -0.15) is 0 Å². The van der Waals surface area contributed by atoms with Gasteiger partial charge >= 0.3 is 5.97 Å². The quantitative estimate of drug-likeness (QED) is 0.579. The summed E-state index contributed by atoms with van der Waals surface area (Å²) >= 11 is 0. The van der Waals surface area contributed by atoms with E-state index in [0.29, 0.717) is 24.0 Å². The molecule has 1 spiro atoms. The summed E-state index contributed by atoms with van der Waals surface area (Å²) in [5.41, 5.74) is 1.80. The van der Waals surface area contributed by atoms with E-state index in [1.54, 1.807) is 0 Å². The zero-order valence-electron chi connectivity index (χ0n) is 17.4. The predicted octanol–water partition coefficient (Wildman–Crippen LogP) is 4.55. The van der Waals surface area contributed by atoms with Gasteiger partial charge in [0.2, 0.25) is 0 Å². The molecule has 0 bridgehead atoms. The predicted molar refractivity (Wildman–Crippen MR) is 104 cm³/mol. The summed E-state index contributed by atoms with van der Waals surface area (Å²) in [5.74, 6) is 6.24. The van der Waals surface area contributed by atoms with E-state index in [1.807, 2.05) is 0 Å². The normalized spacial score (nSPS) is 62.9. The van der Waals surface area contributed by atoms with Crippen LogP contribution in [0.4, 0.5) is 0 Å². The van der Waals surface area contributed by atoms with Crippen molar-refractivity contribution < 1.29 is 14.3 Å². The summed E-state index contributed by atoms with van der Waals surface area (Å²) < 4.78 is 6.24. The third kappa shape index (κ3) is 1.58. The number of hydrogen-bond donors (Lipinski definition) is 0. The van der Waals surface area contributed by atoms with Gasteiger partial charge in [0.1, 0.15) is 5.60 Å². The molecule has 0 amide bonds. The van der Waals surface area contributed by atoms with Crippen molar-refractivity contribution in [2.45, 2.75) is 71.3 Å². The molecule has 6 fully saturated rings. The molecule has 5 saturated carbocycles. The van der Waals surface area contributed by atoms with Crippen LogP contribution in [-0.4, -0.2) is 17.4 Å². The van der Waals surface area contributed by atoms with E-state index in [2.05, 4.69) is 26.8 Å². The van der Waals surface area contributed by atoms with Gasteiger partial charge in [-0.15, -0.1) is 0 Å². The van der Waals surface area contributed by atoms with E-state index in [4.69, 9.17) is 4.74 Å². The minimum atomic E-state index is -0.141. The molecule has 1 heterocycles. The fraction of sp³-hybridized carbons (Fsp3) is 0.840. The van der Waals surface area contributed by atoms with E-state index in [9.17, 15) is 9.59 Å². The maximum atomic E-state index is 12.3. The summed E-state index contributed by atoms with van der Waals surface area (Å²) in [6.45, 7) is 7.44. The fourth-order valence-corrected chi connectivity index (χ4v) is 10.2. The molecule has 0 N–H and O–H groups in total. The van der Waals surface area contributed by atoms with Crippen LogP contribution in [0.15, 0.2) is 11.6 Å². The van der Waals surface area contributed by atoms with Crippen molar-refractivity contribution in [3.05, 3.63) is 11.6 Å². The molecule has 1 saturated heterocycles. The number of rotatable bonds is 0. The number of ketones is 1. The van der Waals surface area contributed by atoms with Crippen molar-refractivity contribution in [1.82, 2.24) is 0 Å². The average molecular weight is 381 g/mol. The maximum Gasteiger partial charge on any atom is 0.306 e. The molecule has 0 aromatic carbocycles. The van der Waals surface area contributed by atoms with Crippen molar-refractivity contribution in [3.8, 4) is 0 Å². The first-order valence-electron chi connectivity index (χ1n) is 11.8. The van der Waals surface area contributed by atoms with Crippen LogP contribution in [0.25, 0.3) is 0 Å². The third-order valence-corrected chi connectivity index (χ3v) is 11.4. The number of carbonyl (C=O) groups is 2. The second kappa shape index (κ2) is 4.62. The molecule has 7 rings (SSSR count). The van der Waals surface area contributed by atoms with Crippen LogP contribution in [0.5, 0.6) is 0 Å². The zero-order chi connectivity index (χ0) is 19.2. The summed E-state index contributed by atoms with van der Waals surface area (Å²) in [7, 11) is 0. The van der Waals surface area contributed by atoms with Crippen LogP contribution < -0.4 is 0 Å². The van der Waals surface area contributed by atoms with Gasteiger partial charge in [0.25, 0.3) is 0 Å². The Bertz CT molecular complexity index is 858. The van der Waals surface area contributed by atoms with Gasteiger partial charge in [-0.1, -0.05) is 26.3 Å². The minimum absolute atomic E-state index is 0.0546. The Morgan fingerprint density at radius 2 is 1.86 bits per heavy atom. The summed E-state index contributed by atoms with van der Waals surface area (Å²) in [4.78, 5) is 24.5. The first-order chi connectivity index (χ1) is 13.3. The molecule has 0 aromatic heterocycles. The van der Waals surface area contributed by atoms with Crippen LogP contribution in [0, 0.1) is 58.2 Å². The number of esters is 1. The van der Waals surface area contributed by atoms with E-state index >= 15 is 0 Å². The van der Waals surface area contributed by atoms with Gasteiger partial charge in [0, 0.05) is 24.2 Å². The van der Waals surface area contributed by atoms with Gasteiger partial charge in [0.05, 0.1) is 0 Å². The Morgan fingerprint density at radius 3 is 2.61 bits per heavy atom. The van der Waals surface area contributed by atoms with Crippen LogP contribution in [-0.2, 0) is 14.3 Å². The lowest BCUT2D eigenvalue weighted by Crippen LogP contribution is -2.57. The molecule has 150 valence electrons. The second-order valence-electron chi connectivity index (χ2n) is 12.0. The van der Waals surface area contributed by atoms with Crippen LogP contribution in [0.2, 0.25) is 0 Å². The third-order valence-electron chi connectivity index (χ3n) is 11.4. The van der Waals surface area contributed by atoms with Crippen LogP contribution >= 0.6 is 0 Å². The molecule has 0 aromatic rings. The standard InChI is InChI=1S/C25H32O3/c1-12-19-17-10-13(26)4-7-23(17,2)15-5-8-24(3)22(21(15)20(12)19)14-11-16(14)25(24)9-6-18(27)28-25/h10,12,14-16,19-22H,4-9,11H2,1-3H3/t12?,14-,15+,16+,19?,20?,21+,22?,23-,24+,25+/m1/s1. The molecule has 3 nitrogen and oxygen atoms in total. The van der Waals surface area contributed by atoms with Crippen LogP contribution in [0.3, 0.4) is 0 Å². The SMILES string of the molecule is CC1C2C3=CC(=O)CC[C@]3(C)[C@H]3CC[C@@]4(C)C([C@@H]3C12)[C@@H]1C[C@@H]1[C@@]41CCC(=O)O1. The highest BCUT2D eigenvalue weighted by Gasteiger charge is 2.81. The molecule has 1 aliphatic heterocycles. The lowest BCUT2D eigenvalue weighted by molar-refractivity contribution is -0.177. The molecule has 0 radical (unpaired) electrons. The Hall–Kier alpha value is -1.12. The topological polar surface area (TPSA) is 43.4 Å². The first kappa shape index (κ1) is 16.7. The van der Waals surface area contributed by atoms with Crippen molar-refractivity contribution >= 4 is 11.8 Å². The first-order valence-corrected chi connectivity index (χ1v) is 11.8. The lowest BCUT2D eigenvalue weighted by atomic mass is 9.45. The molecule has 3 heteroatoms. The van der Waals surface area contributed by atoms with Crippen molar-refractivity contribution in [2.75, 3.05) is 0 Å². The molecular weight excluding hydrogens is 348 g/mol. The zero-order valence-corrected chi connectivity index (χ0v) is 17.4. The molecule has 6 aliphatic carbocycles. The van der Waals surface area contributed by atoms with Gasteiger partial charge in [-0.25, -0.2) is 0 Å². The number of hydrogen-bond acceptors (Lipinski definition) is 3. The molecule has 28 heavy (non-hydrogen) atoms. The van der Waals surface area contributed by atoms with E-state index in [0.717, 1.165) is 54.8 Å². The minimum Gasteiger partial charge on any atom is -0.458 e. The Morgan fingerprint density at radius 1 is 1.04 bits per heavy atom. The van der Waals surface area contributed by atoms with E-state index < -0.39 is 0 Å². The second-order valence-corrected chi connectivity index (χ2v) is 12.0. The summed E-state index contributed by atoms with van der Waals surface area (Å²) in [5, 5.41) is 0. The molecule has 4 unspecified atom stereocenters. The molecular formula is C25H32O3. The Balaban J connectivity index is 1.35. The molecule has 7 aliphatic rings. The maximum absolute atomic E-state index is 12.3. The highest BCUT2D eigenvalue weighted by Crippen LogP contribution is 2.83. The van der Waals surface area contributed by atoms with Gasteiger partial charge in [-0.3, -0.25) is 9.59 Å². The van der Waals surface area contributed by atoms with Gasteiger partial charge < -0.3 is 4.74 Å². The summed E-state index contributed by atoms with van der Waals surface area (Å²) in [6, 6.07) is 0. The highest BCUT2D eigenvalue weighted by atomic mass is 16.6. The number of ether oxygens (including phenoxy) is 1. The van der Waals surface area contributed by atoms with Crippen molar-refractivity contribution in [1.29, 1.82) is 0 Å². The van der Waals surface area contributed by atoms with Crippen LogP contribution in [0.1, 0.15) is 65.7 Å². The number of allylic oxidation sites excluding steroid dienone is 1. The van der Waals surface area contributed by atoms with Crippen molar-refractivity contribution in [3.63, 3.8) is 0 Å². The van der Waals surface area contributed by atoms with Gasteiger partial charge in [0.15, 0.2) is 5.78 Å². The van der Waals surface area contributed by atoms with E-state index in [1.165, 1.54) is 24.8 Å². The Kier molecular flexibility index (Phi) is 2.75. The monoisotopic (exact) mass is 380 g/mol. The number of fused-ring (bicyclic) bond motifs is 12. The smallest absolute Gasteiger partial charge is 0.306 e. The summed E-state index contributed by atoms with van der Waals surface area (Å²) in [6.07, 6.45) is 9.24. The van der Waals surface area contributed by atoms with Gasteiger partial charge in [-0.05, 0) is 85.0 Å². The lowest BCUT2D eigenvalue weighted by Gasteiger charge is -2.60. The van der Waals surface area contributed by atoms with Crippen molar-refractivity contribution in [2.24, 2.45) is 58.2 Å².